The fraction of sp³-hybridized carbons (Fsp3) is 0.636. The Morgan fingerprint density at radius 2 is 1.87 bits per heavy atom. The lowest BCUT2D eigenvalue weighted by atomic mass is 9.82. The highest BCUT2D eigenvalue weighted by Crippen LogP contribution is 2.38. The minimum absolute atomic E-state index is 0.133. The summed E-state index contributed by atoms with van der Waals surface area (Å²) in [6.45, 7) is 3.47. The standard InChI is InChI=1S/C11H14ClF3/c1-3-8-4-7(2)10(11(13,14)15)5-9(8)6-12/h4-5,8-9H,3,6H2,1-2H3. The summed E-state index contributed by atoms with van der Waals surface area (Å²) in [5, 5.41) is 0. The zero-order valence-corrected chi connectivity index (χ0v) is 9.49. The first kappa shape index (κ1) is 12.6. The molecule has 15 heavy (non-hydrogen) atoms. The van der Waals surface area contributed by atoms with Crippen molar-refractivity contribution in [2.75, 3.05) is 5.88 Å². The van der Waals surface area contributed by atoms with Crippen molar-refractivity contribution in [1.82, 2.24) is 0 Å². The molecule has 0 N–H and O–H groups in total. The zero-order chi connectivity index (χ0) is 11.6. The highest BCUT2D eigenvalue weighted by molar-refractivity contribution is 6.18. The van der Waals surface area contributed by atoms with Crippen molar-refractivity contribution < 1.29 is 13.2 Å². The van der Waals surface area contributed by atoms with E-state index >= 15 is 0 Å². The Hall–Kier alpha value is -0.440. The second-order valence-corrected chi connectivity index (χ2v) is 4.13. The summed E-state index contributed by atoms with van der Waals surface area (Å²) in [5.41, 5.74) is -0.214. The first-order chi connectivity index (χ1) is 6.90. The molecule has 0 saturated heterocycles. The molecule has 0 fully saturated rings. The highest BCUT2D eigenvalue weighted by atomic mass is 35.5. The summed E-state index contributed by atoms with van der Waals surface area (Å²) in [5.74, 6) is 0.174. The SMILES string of the molecule is CCC1C=C(C)C(C(F)(F)F)=CC1CCl. The summed E-state index contributed by atoms with van der Waals surface area (Å²) >= 11 is 5.68. The van der Waals surface area contributed by atoms with E-state index in [-0.39, 0.29) is 17.7 Å². The number of halogens is 4. The Morgan fingerprint density at radius 3 is 2.27 bits per heavy atom. The van der Waals surface area contributed by atoms with Crippen LogP contribution in [0.2, 0.25) is 0 Å². The fourth-order valence-corrected chi connectivity index (χ4v) is 2.22. The summed E-state index contributed by atoms with van der Waals surface area (Å²) in [4.78, 5) is 0. The quantitative estimate of drug-likeness (QED) is 0.629. The molecule has 0 nitrogen and oxygen atoms in total. The molecule has 1 aliphatic carbocycles. The molecule has 0 radical (unpaired) electrons. The molecule has 0 spiro atoms. The summed E-state index contributed by atoms with van der Waals surface area (Å²) in [6.07, 6.45) is -0.480. The van der Waals surface area contributed by atoms with E-state index < -0.39 is 11.7 Å². The van der Waals surface area contributed by atoms with E-state index in [9.17, 15) is 13.2 Å². The van der Waals surface area contributed by atoms with Crippen molar-refractivity contribution in [2.24, 2.45) is 11.8 Å². The van der Waals surface area contributed by atoms with Crippen molar-refractivity contribution in [2.45, 2.75) is 26.4 Å². The van der Waals surface area contributed by atoms with Crippen LogP contribution < -0.4 is 0 Å². The average molecular weight is 239 g/mol. The first-order valence-corrected chi connectivity index (χ1v) is 5.47. The maximum atomic E-state index is 12.6. The van der Waals surface area contributed by atoms with E-state index in [0.29, 0.717) is 5.57 Å². The van der Waals surface area contributed by atoms with E-state index in [2.05, 4.69) is 0 Å². The number of hydrogen-bond donors (Lipinski definition) is 0. The van der Waals surface area contributed by atoms with Gasteiger partial charge in [0.15, 0.2) is 0 Å². The third kappa shape index (κ3) is 2.77. The van der Waals surface area contributed by atoms with E-state index in [1.165, 1.54) is 13.0 Å². The van der Waals surface area contributed by atoms with Crippen LogP contribution in [0, 0.1) is 11.8 Å². The molecule has 0 aliphatic heterocycles. The van der Waals surface area contributed by atoms with Crippen molar-refractivity contribution in [3.05, 3.63) is 23.3 Å². The third-order valence-corrected chi connectivity index (χ3v) is 3.13. The van der Waals surface area contributed by atoms with E-state index in [4.69, 9.17) is 11.6 Å². The van der Waals surface area contributed by atoms with E-state index in [1.54, 1.807) is 6.08 Å². The molecule has 0 aromatic heterocycles. The predicted octanol–water partition coefficient (Wildman–Crippen LogP) is 4.32. The molecule has 0 amide bonds. The maximum absolute atomic E-state index is 12.6. The Kier molecular flexibility index (Phi) is 3.87. The van der Waals surface area contributed by atoms with Crippen molar-refractivity contribution >= 4 is 11.6 Å². The third-order valence-electron chi connectivity index (χ3n) is 2.77. The fourth-order valence-electron chi connectivity index (χ4n) is 1.90. The molecular weight excluding hydrogens is 225 g/mol. The molecule has 86 valence electrons. The van der Waals surface area contributed by atoms with Crippen LogP contribution >= 0.6 is 11.6 Å². The first-order valence-electron chi connectivity index (χ1n) is 4.94. The number of alkyl halides is 4. The molecule has 2 unspecified atom stereocenters. The second kappa shape index (κ2) is 4.60. The molecule has 2 atom stereocenters. The van der Waals surface area contributed by atoms with Gasteiger partial charge in [0, 0.05) is 5.88 Å². The lowest BCUT2D eigenvalue weighted by molar-refractivity contribution is -0.0902. The lowest BCUT2D eigenvalue weighted by Gasteiger charge is -2.27. The monoisotopic (exact) mass is 238 g/mol. The molecule has 1 rings (SSSR count). The van der Waals surface area contributed by atoms with Gasteiger partial charge < -0.3 is 0 Å². The number of allylic oxidation sites excluding steroid dienone is 4. The molecule has 1 aliphatic rings. The Balaban J connectivity index is 3.01. The van der Waals surface area contributed by atoms with Gasteiger partial charge >= 0.3 is 6.18 Å². The highest BCUT2D eigenvalue weighted by Gasteiger charge is 2.37. The average Bonchev–Trinajstić information content (AvgIpc) is 2.15. The molecule has 4 heteroatoms. The van der Waals surface area contributed by atoms with Crippen molar-refractivity contribution in [3.8, 4) is 0 Å². The van der Waals surface area contributed by atoms with Gasteiger partial charge in [-0.1, -0.05) is 19.1 Å². The van der Waals surface area contributed by atoms with Crippen molar-refractivity contribution in [1.29, 1.82) is 0 Å². The van der Waals surface area contributed by atoms with Gasteiger partial charge in [-0.05, 0) is 30.8 Å². The van der Waals surface area contributed by atoms with Gasteiger partial charge in [-0.25, -0.2) is 0 Å². The molecule has 0 heterocycles. The van der Waals surface area contributed by atoms with Crippen LogP contribution in [-0.4, -0.2) is 12.1 Å². The minimum atomic E-state index is -4.26. The van der Waals surface area contributed by atoms with Crippen LogP contribution in [0.5, 0.6) is 0 Å². The molecule has 0 aromatic rings. The Morgan fingerprint density at radius 1 is 1.27 bits per heavy atom. The van der Waals surface area contributed by atoms with Gasteiger partial charge in [0.05, 0.1) is 5.57 Å². The summed E-state index contributed by atoms with van der Waals surface area (Å²) < 4.78 is 37.7. The molecule has 0 bridgehead atoms. The van der Waals surface area contributed by atoms with Gasteiger partial charge in [-0.3, -0.25) is 0 Å². The largest absolute Gasteiger partial charge is 0.416 e. The lowest BCUT2D eigenvalue weighted by Crippen LogP contribution is -2.23. The van der Waals surface area contributed by atoms with Crippen LogP contribution in [-0.2, 0) is 0 Å². The van der Waals surface area contributed by atoms with Crippen LogP contribution in [0.3, 0.4) is 0 Å². The maximum Gasteiger partial charge on any atom is 0.416 e. The minimum Gasteiger partial charge on any atom is -0.166 e. The molecule has 0 aromatic carbocycles. The summed E-state index contributed by atoms with van der Waals surface area (Å²) in [6, 6.07) is 0. The van der Waals surface area contributed by atoms with Crippen LogP contribution in [0.25, 0.3) is 0 Å². The van der Waals surface area contributed by atoms with Gasteiger partial charge in [0.2, 0.25) is 0 Å². The Bertz CT molecular complexity index is 289. The summed E-state index contributed by atoms with van der Waals surface area (Å²) in [7, 11) is 0. The van der Waals surface area contributed by atoms with E-state index in [0.717, 1.165) is 6.42 Å². The topological polar surface area (TPSA) is 0 Å². The number of rotatable bonds is 2. The number of hydrogen-bond acceptors (Lipinski definition) is 0. The van der Waals surface area contributed by atoms with Gasteiger partial charge in [-0.15, -0.1) is 11.6 Å². The molecular formula is C11H14ClF3. The van der Waals surface area contributed by atoms with Gasteiger partial charge in [0.1, 0.15) is 0 Å². The zero-order valence-electron chi connectivity index (χ0n) is 8.74. The smallest absolute Gasteiger partial charge is 0.166 e. The predicted molar refractivity (Wildman–Crippen MR) is 55.9 cm³/mol. The van der Waals surface area contributed by atoms with Gasteiger partial charge in [0.25, 0.3) is 0 Å². The van der Waals surface area contributed by atoms with Crippen LogP contribution in [0.1, 0.15) is 20.3 Å². The van der Waals surface area contributed by atoms with Crippen molar-refractivity contribution in [3.63, 3.8) is 0 Å². The molecule has 0 saturated carbocycles. The normalized spacial score (nSPS) is 27.3. The van der Waals surface area contributed by atoms with Crippen LogP contribution in [0.4, 0.5) is 13.2 Å². The van der Waals surface area contributed by atoms with E-state index in [1.807, 2.05) is 6.92 Å². The Labute approximate surface area is 92.8 Å². The van der Waals surface area contributed by atoms with Crippen LogP contribution in [0.15, 0.2) is 23.3 Å². The second-order valence-electron chi connectivity index (χ2n) is 3.82. The van der Waals surface area contributed by atoms with Gasteiger partial charge in [-0.2, -0.15) is 13.2 Å².